The van der Waals surface area contributed by atoms with Gasteiger partial charge in [0.25, 0.3) is 0 Å². The van der Waals surface area contributed by atoms with E-state index < -0.39 is 112 Å². The second-order valence-corrected chi connectivity index (χ2v) is 13.3. The summed E-state index contributed by atoms with van der Waals surface area (Å²) in [6.07, 6.45) is 0. The maximum Gasteiger partial charge on any atom is 0.177 e. The minimum Gasteiger partial charge on any atom is -0.230 e. The smallest absolute Gasteiger partial charge is 0.177 e. The van der Waals surface area contributed by atoms with Crippen molar-refractivity contribution in [2.24, 2.45) is 0 Å². The van der Waals surface area contributed by atoms with E-state index in [1.54, 1.807) is 36.4 Å². The molecule has 0 unspecified atom stereocenters. The second kappa shape index (κ2) is 21.6. The fraction of sp³-hybridized carbons (Fsp3) is 0. The van der Waals surface area contributed by atoms with Gasteiger partial charge in [0.05, 0.1) is 31.6 Å². The SMILES string of the molecule is N#CC(C#N)=c1c(F)c(F)c(=C(C#N)C#N)c(F)c1F.N#CC(C#N)=c1c(F)c(F)c2c(F)c(=C(C#N)C#N)c(F)c(F)c2c1F.N#Cc1nc2c3nc(C#N)c(C#N)nc3c3nc(C#N)c(C#N)nc3c2nc1C#N. The molecule has 7 rings (SSSR count). The van der Waals surface area contributed by atoms with Crippen molar-refractivity contribution in [3.63, 3.8) is 0 Å². The zero-order valence-corrected chi connectivity index (χ0v) is 35.7. The number of halogens is 10. The summed E-state index contributed by atoms with van der Waals surface area (Å²) >= 11 is 0. The number of nitriles is 14. The van der Waals surface area contributed by atoms with Crippen molar-refractivity contribution in [1.29, 1.82) is 73.7 Å². The Morgan fingerprint density at radius 1 is 0.224 bits per heavy atom. The highest BCUT2D eigenvalue weighted by molar-refractivity contribution is 6.18. The van der Waals surface area contributed by atoms with Gasteiger partial charge in [-0.1, -0.05) is 0 Å². The lowest BCUT2D eigenvalue weighted by Crippen LogP contribution is -2.31. The molecule has 0 amide bonds. The van der Waals surface area contributed by atoms with Crippen molar-refractivity contribution >= 4 is 66.2 Å². The molecule has 0 saturated carbocycles. The van der Waals surface area contributed by atoms with Crippen LogP contribution in [0.25, 0.3) is 66.2 Å². The lowest BCUT2D eigenvalue weighted by atomic mass is 10.0. The summed E-state index contributed by atoms with van der Waals surface area (Å²) in [5, 5.41) is 115. The molecule has 7 aromatic rings. The van der Waals surface area contributed by atoms with E-state index >= 15 is 0 Å². The average Bonchev–Trinajstić information content (AvgIpc) is 3.44. The van der Waals surface area contributed by atoms with Crippen LogP contribution in [0, 0.1) is 217 Å². The molecule has 0 aliphatic rings. The molecule has 30 heteroatoms. The molecular weight excluding hydrogens is 1020 g/mol. The lowest BCUT2D eigenvalue weighted by molar-refractivity contribution is 0.434. The fourth-order valence-corrected chi connectivity index (χ4v) is 6.33. The first-order valence-corrected chi connectivity index (χ1v) is 18.7. The summed E-state index contributed by atoms with van der Waals surface area (Å²) in [6, 6.07) is 19.0. The number of hydrogen-bond acceptors (Lipinski definition) is 20. The van der Waals surface area contributed by atoms with Gasteiger partial charge >= 0.3 is 0 Å². The highest BCUT2D eigenvalue weighted by atomic mass is 19.2. The van der Waals surface area contributed by atoms with Crippen molar-refractivity contribution in [1.82, 2.24) is 29.9 Å². The number of benzene rings is 4. The molecule has 0 spiro atoms. The van der Waals surface area contributed by atoms with E-state index in [0.717, 1.165) is 48.6 Å². The minimum atomic E-state index is -2.23. The molecule has 0 saturated heterocycles. The van der Waals surface area contributed by atoms with E-state index in [4.69, 9.17) is 42.1 Å². The molecule has 4 aromatic carbocycles. The third-order valence-electron chi connectivity index (χ3n) is 9.54. The van der Waals surface area contributed by atoms with Crippen LogP contribution in [-0.4, -0.2) is 29.9 Å². The number of hydrogen-bond donors (Lipinski definition) is 0. The Kier molecular flexibility index (Phi) is 15.3. The normalized spacial score (nSPS) is 9.53. The third-order valence-corrected chi connectivity index (χ3v) is 9.54. The van der Waals surface area contributed by atoms with Gasteiger partial charge < -0.3 is 0 Å². The number of rotatable bonds is 0. The standard InChI is InChI=1S/C18N12.C16F6N4.C12F4N4/c19-1-7-8(2-20)26-14-13(25-7)15-17(29-10(4-22)9(3-21)27-15)18-16(14)28-11(5-23)12(6-24)30-18;17-11-7(5(1-23)2-24)13(19)15(21)10-9(11)16(22)14(20)8(12(10)18)6(3-25)4-26;13-9-7(5(1-17)2-18)10(14)12(16)8(11(9)15)6(3-19)4-20. The molecule has 3 aromatic heterocycles. The summed E-state index contributed by atoms with van der Waals surface area (Å²) in [7, 11) is 0. The van der Waals surface area contributed by atoms with Gasteiger partial charge in [0.15, 0.2) is 80.7 Å². The van der Waals surface area contributed by atoms with Gasteiger partial charge in [-0.15, -0.1) is 0 Å². The highest BCUT2D eigenvalue weighted by Gasteiger charge is 2.29. The van der Waals surface area contributed by atoms with Crippen LogP contribution in [-0.2, 0) is 0 Å². The van der Waals surface area contributed by atoms with Crippen molar-refractivity contribution in [3.05, 3.63) is 113 Å². The molecular formula is C46F10N20. The van der Waals surface area contributed by atoms with Crippen molar-refractivity contribution in [2.45, 2.75) is 0 Å². The van der Waals surface area contributed by atoms with Crippen LogP contribution in [0.3, 0.4) is 0 Å². The van der Waals surface area contributed by atoms with Crippen LogP contribution < -0.4 is 20.9 Å². The molecule has 0 aliphatic heterocycles. The van der Waals surface area contributed by atoms with E-state index in [1.165, 1.54) is 0 Å². The molecule has 76 heavy (non-hydrogen) atoms. The Morgan fingerprint density at radius 3 is 0.513 bits per heavy atom. The van der Waals surface area contributed by atoms with Gasteiger partial charge in [0.2, 0.25) is 0 Å². The first kappa shape index (κ1) is 53.8. The summed E-state index contributed by atoms with van der Waals surface area (Å²) in [5.74, 6) is -21.1. The third kappa shape index (κ3) is 8.62. The van der Waals surface area contributed by atoms with Crippen LogP contribution in [0.15, 0.2) is 0 Å². The zero-order valence-electron chi connectivity index (χ0n) is 35.7. The Labute approximate surface area is 411 Å². The van der Waals surface area contributed by atoms with E-state index in [9.17, 15) is 75.5 Å². The van der Waals surface area contributed by atoms with Gasteiger partial charge in [0.1, 0.15) is 152 Å². The maximum absolute atomic E-state index is 14.4. The van der Waals surface area contributed by atoms with Gasteiger partial charge in [0, 0.05) is 0 Å². The predicted octanol–water partition coefficient (Wildman–Crippen LogP) is 3.46. The summed E-state index contributed by atoms with van der Waals surface area (Å²) in [4.78, 5) is 24.7. The maximum atomic E-state index is 14.4. The van der Waals surface area contributed by atoms with Crippen molar-refractivity contribution in [2.75, 3.05) is 0 Å². The molecule has 3 heterocycles. The molecule has 0 N–H and O–H groups in total. The largest absolute Gasteiger partial charge is 0.230 e. The van der Waals surface area contributed by atoms with Gasteiger partial charge in [-0.05, 0) is 0 Å². The minimum absolute atomic E-state index is 0.0237. The molecule has 0 radical (unpaired) electrons. The van der Waals surface area contributed by atoms with Crippen molar-refractivity contribution in [3.8, 4) is 85.0 Å². The fourth-order valence-electron chi connectivity index (χ4n) is 6.33. The summed E-state index contributed by atoms with van der Waals surface area (Å²) < 4.78 is 140. The van der Waals surface area contributed by atoms with E-state index in [1.807, 2.05) is 0 Å². The van der Waals surface area contributed by atoms with Gasteiger partial charge in [-0.25, -0.2) is 73.8 Å². The molecule has 0 atom stereocenters. The predicted molar refractivity (Wildman–Crippen MR) is 221 cm³/mol. The topological polar surface area (TPSA) is 410 Å². The first-order valence-electron chi connectivity index (χ1n) is 18.7. The van der Waals surface area contributed by atoms with Crippen LogP contribution in [0.2, 0.25) is 0 Å². The zero-order chi connectivity index (χ0) is 56.6. The quantitative estimate of drug-likeness (QED) is 0.119. The summed E-state index contributed by atoms with van der Waals surface area (Å²) in [5.41, 5.74) is -6.87. The molecule has 20 nitrogen and oxygen atoms in total. The number of aromatic nitrogens is 6. The number of nitrogens with zero attached hydrogens (tertiary/aromatic N) is 20. The first-order chi connectivity index (χ1) is 36.3. The highest BCUT2D eigenvalue weighted by Crippen LogP contribution is 2.31. The summed E-state index contributed by atoms with van der Waals surface area (Å²) in [6.45, 7) is 0. The number of fused-ring (bicyclic) bond motifs is 7. The van der Waals surface area contributed by atoms with Gasteiger partial charge in [-0.2, -0.15) is 73.7 Å². The Bertz CT molecular complexity index is 4210. The van der Waals surface area contributed by atoms with Crippen molar-refractivity contribution < 1.29 is 43.9 Å². The van der Waals surface area contributed by atoms with Gasteiger partial charge in [-0.3, -0.25) is 0 Å². The van der Waals surface area contributed by atoms with E-state index in [-0.39, 0.29) is 67.3 Å². The Hall–Kier alpha value is -13.2. The second-order valence-electron chi connectivity index (χ2n) is 13.3. The molecule has 354 valence electrons. The Balaban J connectivity index is 0.000000215. The van der Waals surface area contributed by atoms with Crippen LogP contribution >= 0.6 is 0 Å². The van der Waals surface area contributed by atoms with Crippen LogP contribution in [0.4, 0.5) is 43.9 Å². The molecule has 0 fully saturated rings. The average molecular weight is 1020 g/mol. The lowest BCUT2D eigenvalue weighted by Gasteiger charge is -2.09. The van der Waals surface area contributed by atoms with E-state index in [0.29, 0.717) is 0 Å². The van der Waals surface area contributed by atoms with Crippen LogP contribution in [0.1, 0.15) is 34.2 Å². The van der Waals surface area contributed by atoms with E-state index in [2.05, 4.69) is 29.9 Å². The Morgan fingerprint density at radius 2 is 0.368 bits per heavy atom. The van der Waals surface area contributed by atoms with Crippen LogP contribution in [0.5, 0.6) is 0 Å². The molecule has 0 aliphatic carbocycles. The molecule has 0 bridgehead atoms. The monoisotopic (exact) mass is 1020 g/mol.